The summed E-state index contributed by atoms with van der Waals surface area (Å²) in [7, 11) is 4.23. The van der Waals surface area contributed by atoms with Gasteiger partial charge in [-0.05, 0) is 52.7 Å². The van der Waals surface area contributed by atoms with E-state index in [2.05, 4.69) is 0 Å². The van der Waals surface area contributed by atoms with Gasteiger partial charge >= 0.3 is 43.0 Å². The normalized spacial score (nSPS) is 11.6. The fourth-order valence-corrected chi connectivity index (χ4v) is 3.31. The van der Waals surface area contributed by atoms with Crippen LogP contribution in [0.4, 0.5) is 9.59 Å². The molecular formula is C29H43LiN2O10. The second kappa shape index (κ2) is 18.8. The average Bonchev–Trinajstić information content (AvgIpc) is 2.83. The Morgan fingerprint density at radius 2 is 1.00 bits per heavy atom. The van der Waals surface area contributed by atoms with Crippen molar-refractivity contribution in [2.45, 2.75) is 64.8 Å². The van der Waals surface area contributed by atoms with Crippen LogP contribution in [0.3, 0.4) is 0 Å². The molecule has 0 fully saturated rings. The number of carboxylic acid groups (broad SMARTS) is 1. The summed E-state index contributed by atoms with van der Waals surface area (Å²) in [5, 5.41) is 9.29. The van der Waals surface area contributed by atoms with Crippen molar-refractivity contribution in [2.24, 2.45) is 0 Å². The zero-order valence-corrected chi connectivity index (χ0v) is 26.1. The number of esters is 1. The summed E-state index contributed by atoms with van der Waals surface area (Å²) in [5.74, 6) is -1.61. The van der Waals surface area contributed by atoms with Crippen molar-refractivity contribution >= 4 is 24.1 Å². The number of likely N-dealkylation sites (N-methyl/N-ethyl adjacent to an activating group) is 2. The second-order valence-corrected chi connectivity index (χ2v) is 10.7. The van der Waals surface area contributed by atoms with Crippen LogP contribution in [0.2, 0.25) is 0 Å². The Hall–Kier alpha value is -3.56. The molecule has 0 aliphatic rings. The van der Waals surface area contributed by atoms with E-state index in [0.717, 1.165) is 4.90 Å². The van der Waals surface area contributed by atoms with E-state index in [1.165, 1.54) is 26.1 Å². The summed E-state index contributed by atoms with van der Waals surface area (Å²) >= 11 is 0. The number of carboxylic acids is 1. The van der Waals surface area contributed by atoms with Gasteiger partial charge in [0.15, 0.2) is 12.1 Å². The molecule has 2 atom stereocenters. The van der Waals surface area contributed by atoms with Crippen molar-refractivity contribution < 1.29 is 68.3 Å². The Morgan fingerprint density at radius 3 is 1.29 bits per heavy atom. The van der Waals surface area contributed by atoms with Crippen molar-refractivity contribution in [3.63, 3.8) is 0 Å². The van der Waals surface area contributed by atoms with Crippen LogP contribution in [0.15, 0.2) is 60.7 Å². The van der Waals surface area contributed by atoms with Crippen molar-refractivity contribution in [2.75, 3.05) is 21.2 Å². The van der Waals surface area contributed by atoms with E-state index in [0.29, 0.717) is 11.1 Å². The molecule has 2 aromatic rings. The van der Waals surface area contributed by atoms with Crippen molar-refractivity contribution in [3.8, 4) is 0 Å². The first kappa shape index (κ1) is 42.9. The molecule has 0 aromatic heterocycles. The Kier molecular flexibility index (Phi) is 19.2. The van der Waals surface area contributed by atoms with Crippen LogP contribution < -0.4 is 18.9 Å². The van der Waals surface area contributed by atoms with Crippen LogP contribution in [0.25, 0.3) is 0 Å². The summed E-state index contributed by atoms with van der Waals surface area (Å²) in [5.41, 5.74) is -0.0793. The van der Waals surface area contributed by atoms with Gasteiger partial charge in [0, 0.05) is 14.1 Å². The second-order valence-electron chi connectivity index (χ2n) is 10.7. The van der Waals surface area contributed by atoms with E-state index in [-0.39, 0.29) is 29.8 Å². The number of carbonyl (C=O) groups excluding carboxylic acids is 3. The number of amides is 2. The maximum absolute atomic E-state index is 12.1. The molecule has 0 spiro atoms. The first-order chi connectivity index (χ1) is 18.0. The van der Waals surface area contributed by atoms with Crippen molar-refractivity contribution in [1.29, 1.82) is 0 Å². The molecule has 2 aromatic carbocycles. The Balaban J connectivity index is -0.000000677. The molecule has 0 saturated carbocycles. The quantitative estimate of drug-likeness (QED) is 0.297. The largest absolute Gasteiger partial charge is 1.00 e. The summed E-state index contributed by atoms with van der Waals surface area (Å²) < 4.78 is 15.2. The van der Waals surface area contributed by atoms with Gasteiger partial charge in [0.2, 0.25) is 0 Å². The van der Waals surface area contributed by atoms with Gasteiger partial charge in [-0.1, -0.05) is 60.7 Å². The van der Waals surface area contributed by atoms with Crippen molar-refractivity contribution in [1.82, 2.24) is 9.80 Å². The minimum atomic E-state index is -1.10. The monoisotopic (exact) mass is 586 g/mol. The molecular weight excluding hydrogens is 543 g/mol. The van der Waals surface area contributed by atoms with Crippen LogP contribution in [-0.2, 0) is 23.8 Å². The molecule has 42 heavy (non-hydrogen) atoms. The standard InChI is InChI=1S/C15H21NO4.C14H19NO4.Li.2H2O/c1-15(2,3)20-14(18)16(4)12(13(17)19-5)11-9-7-6-8-10-11;1-14(2,3)19-13(18)15(4)11(12(16)17)10-8-6-5-7-9-10;;;/h6-10,12H,1-5H3;5-9,11H,1-4H3,(H,16,17);;2*1H2/q;;+1;;/p-1/t12-;11-;;;/m11.../s1. The Bertz CT molecular complexity index is 1100. The Labute approximate surface area is 259 Å². The molecule has 0 unspecified atom stereocenters. The predicted molar refractivity (Wildman–Crippen MR) is 152 cm³/mol. The number of aliphatic carboxylic acids is 1. The van der Waals surface area contributed by atoms with Gasteiger partial charge in [0.05, 0.1) is 7.11 Å². The van der Waals surface area contributed by atoms with Crippen LogP contribution in [0.1, 0.15) is 64.8 Å². The maximum Gasteiger partial charge on any atom is 1.00 e. The number of benzene rings is 2. The average molecular weight is 587 g/mol. The number of nitrogens with zero attached hydrogens (tertiary/aromatic N) is 2. The van der Waals surface area contributed by atoms with E-state index in [9.17, 15) is 24.3 Å². The zero-order chi connectivity index (χ0) is 30.0. The maximum atomic E-state index is 12.1. The minimum Gasteiger partial charge on any atom is -0.870 e. The van der Waals surface area contributed by atoms with Crippen LogP contribution >= 0.6 is 0 Å². The van der Waals surface area contributed by atoms with E-state index in [1.54, 1.807) is 96.1 Å². The molecule has 0 saturated heterocycles. The molecule has 2 amide bonds. The summed E-state index contributed by atoms with van der Waals surface area (Å²) in [6.07, 6.45) is -1.24. The first-order valence-corrected chi connectivity index (χ1v) is 12.3. The number of hydrogen-bond acceptors (Lipinski definition) is 8. The molecule has 0 heterocycles. The molecule has 0 bridgehead atoms. The zero-order valence-electron chi connectivity index (χ0n) is 26.1. The molecule has 230 valence electrons. The van der Waals surface area contributed by atoms with Gasteiger partial charge in [-0.15, -0.1) is 0 Å². The Morgan fingerprint density at radius 1 is 0.690 bits per heavy atom. The fraction of sp³-hybridized carbons (Fsp3) is 0.448. The number of ether oxygens (including phenoxy) is 3. The van der Waals surface area contributed by atoms with Gasteiger partial charge in [0.1, 0.15) is 11.2 Å². The third kappa shape index (κ3) is 14.4. The predicted octanol–water partition coefficient (Wildman–Crippen LogP) is 1.45. The number of hydrogen-bond donors (Lipinski definition) is 1. The number of methoxy groups -OCH3 is 1. The summed E-state index contributed by atoms with van der Waals surface area (Å²) in [6, 6.07) is 15.7. The topological polar surface area (TPSA) is 184 Å². The van der Waals surface area contributed by atoms with Gasteiger partial charge in [-0.25, -0.2) is 19.2 Å². The molecule has 0 aliphatic carbocycles. The summed E-state index contributed by atoms with van der Waals surface area (Å²) in [6.45, 7) is 10.5. The van der Waals surface area contributed by atoms with Crippen LogP contribution in [0, 0.1) is 0 Å². The third-order valence-electron chi connectivity index (χ3n) is 5.03. The van der Waals surface area contributed by atoms with E-state index >= 15 is 0 Å². The van der Waals surface area contributed by atoms with Gasteiger partial charge in [0.25, 0.3) is 0 Å². The molecule has 12 nitrogen and oxygen atoms in total. The summed E-state index contributed by atoms with van der Waals surface area (Å²) in [4.78, 5) is 49.7. The minimum absolute atomic E-state index is 0. The molecule has 0 radical (unpaired) electrons. The SMILES string of the molecule is CN(C(=O)OC(C)(C)C)[C@@H](C(=O)O)c1ccccc1.COC(=O)[C@@H](c1ccccc1)N(C)C(=O)OC(C)(C)C.O.[Li+].[OH-]. The third-order valence-corrected chi connectivity index (χ3v) is 5.03. The van der Waals surface area contributed by atoms with Gasteiger partial charge < -0.3 is 30.3 Å². The van der Waals surface area contributed by atoms with Crippen LogP contribution in [0.5, 0.6) is 0 Å². The fourth-order valence-electron chi connectivity index (χ4n) is 3.31. The molecule has 2 rings (SSSR count). The number of carbonyl (C=O) groups is 4. The van der Waals surface area contributed by atoms with Gasteiger partial charge in [-0.3, -0.25) is 9.80 Å². The molecule has 13 heteroatoms. The van der Waals surface area contributed by atoms with Gasteiger partial charge in [-0.2, -0.15) is 0 Å². The molecule has 4 N–H and O–H groups in total. The van der Waals surface area contributed by atoms with Crippen LogP contribution in [-0.4, -0.2) is 82.4 Å². The van der Waals surface area contributed by atoms with Crippen molar-refractivity contribution in [3.05, 3.63) is 71.8 Å². The first-order valence-electron chi connectivity index (χ1n) is 12.3. The van der Waals surface area contributed by atoms with E-state index in [4.69, 9.17) is 14.2 Å². The molecule has 0 aliphatic heterocycles. The smallest absolute Gasteiger partial charge is 0.870 e. The van der Waals surface area contributed by atoms with E-state index in [1.807, 2.05) is 6.07 Å². The van der Waals surface area contributed by atoms with E-state index < -0.39 is 47.4 Å². The number of rotatable bonds is 6.